The van der Waals surface area contributed by atoms with E-state index in [0.717, 1.165) is 64.2 Å². The SMILES string of the molecule is O=C(OC1CCCCC1)C(=O)C(=O)OC1CCCCC1. The molecule has 2 aliphatic carbocycles. The molecule has 112 valence electrons. The number of ketones is 1. The Morgan fingerprint density at radius 2 is 0.950 bits per heavy atom. The van der Waals surface area contributed by atoms with Crippen LogP contribution in [0.25, 0.3) is 0 Å². The second-order valence-electron chi connectivity index (χ2n) is 5.66. The highest BCUT2D eigenvalue weighted by Gasteiger charge is 2.31. The zero-order valence-corrected chi connectivity index (χ0v) is 11.8. The molecule has 2 rings (SSSR count). The maximum absolute atomic E-state index is 11.6. The Hall–Kier alpha value is -1.39. The van der Waals surface area contributed by atoms with Crippen molar-refractivity contribution in [3.8, 4) is 0 Å². The van der Waals surface area contributed by atoms with Gasteiger partial charge in [0.25, 0.3) is 0 Å². The van der Waals surface area contributed by atoms with Crippen LogP contribution in [0.3, 0.4) is 0 Å². The van der Waals surface area contributed by atoms with E-state index in [2.05, 4.69) is 0 Å². The summed E-state index contributed by atoms with van der Waals surface area (Å²) in [5.74, 6) is -3.28. The van der Waals surface area contributed by atoms with E-state index in [0.29, 0.717) is 0 Å². The van der Waals surface area contributed by atoms with Crippen LogP contribution in [-0.4, -0.2) is 29.9 Å². The Morgan fingerprint density at radius 3 is 1.30 bits per heavy atom. The van der Waals surface area contributed by atoms with Gasteiger partial charge in [-0.05, 0) is 51.4 Å². The maximum atomic E-state index is 11.6. The number of hydrogen-bond acceptors (Lipinski definition) is 5. The van der Waals surface area contributed by atoms with Gasteiger partial charge >= 0.3 is 17.7 Å². The largest absolute Gasteiger partial charge is 0.456 e. The van der Waals surface area contributed by atoms with E-state index in [1.165, 1.54) is 0 Å². The Kier molecular flexibility index (Phi) is 5.56. The van der Waals surface area contributed by atoms with Crippen molar-refractivity contribution in [1.82, 2.24) is 0 Å². The molecular weight excluding hydrogens is 260 g/mol. The van der Waals surface area contributed by atoms with Gasteiger partial charge in [-0.25, -0.2) is 9.59 Å². The minimum absolute atomic E-state index is 0.220. The second-order valence-corrected chi connectivity index (χ2v) is 5.66. The number of esters is 2. The third-order valence-corrected chi connectivity index (χ3v) is 4.02. The van der Waals surface area contributed by atoms with Crippen molar-refractivity contribution in [1.29, 1.82) is 0 Å². The maximum Gasteiger partial charge on any atom is 0.387 e. The van der Waals surface area contributed by atoms with Crippen molar-refractivity contribution in [3.05, 3.63) is 0 Å². The molecule has 0 aromatic carbocycles. The predicted molar refractivity (Wildman–Crippen MR) is 70.9 cm³/mol. The van der Waals surface area contributed by atoms with Gasteiger partial charge in [-0.2, -0.15) is 0 Å². The van der Waals surface area contributed by atoms with Crippen LogP contribution in [-0.2, 0) is 23.9 Å². The normalized spacial score (nSPS) is 21.2. The van der Waals surface area contributed by atoms with Crippen LogP contribution in [0.15, 0.2) is 0 Å². The molecule has 0 bridgehead atoms. The number of Topliss-reactive ketones (excluding diaryl/α,β-unsaturated/α-hetero) is 1. The first-order valence-electron chi connectivity index (χ1n) is 7.63. The number of rotatable bonds is 4. The van der Waals surface area contributed by atoms with Crippen LogP contribution >= 0.6 is 0 Å². The molecule has 0 radical (unpaired) electrons. The highest BCUT2D eigenvalue weighted by Crippen LogP contribution is 2.22. The van der Waals surface area contributed by atoms with Gasteiger partial charge in [-0.15, -0.1) is 0 Å². The molecule has 2 saturated carbocycles. The van der Waals surface area contributed by atoms with E-state index in [9.17, 15) is 14.4 Å². The van der Waals surface area contributed by atoms with Gasteiger partial charge in [-0.1, -0.05) is 12.8 Å². The lowest BCUT2D eigenvalue weighted by atomic mass is 9.97. The molecule has 0 atom stereocenters. The summed E-state index contributed by atoms with van der Waals surface area (Å²) in [6.07, 6.45) is 8.91. The predicted octanol–water partition coefficient (Wildman–Crippen LogP) is 2.31. The lowest BCUT2D eigenvalue weighted by Gasteiger charge is -2.22. The molecule has 0 N–H and O–H groups in total. The van der Waals surface area contributed by atoms with Crippen LogP contribution in [0.5, 0.6) is 0 Å². The summed E-state index contributed by atoms with van der Waals surface area (Å²) in [7, 11) is 0. The molecule has 0 amide bonds. The van der Waals surface area contributed by atoms with Crippen LogP contribution in [0.4, 0.5) is 0 Å². The molecule has 0 saturated heterocycles. The van der Waals surface area contributed by atoms with Crippen LogP contribution < -0.4 is 0 Å². The van der Waals surface area contributed by atoms with E-state index in [-0.39, 0.29) is 12.2 Å². The fourth-order valence-electron chi connectivity index (χ4n) is 2.86. The molecule has 0 aromatic heterocycles. The van der Waals surface area contributed by atoms with Crippen molar-refractivity contribution in [2.45, 2.75) is 76.4 Å². The van der Waals surface area contributed by atoms with Gasteiger partial charge in [0.1, 0.15) is 12.2 Å². The summed E-state index contributed by atoms with van der Waals surface area (Å²) < 4.78 is 10.1. The van der Waals surface area contributed by atoms with E-state index < -0.39 is 17.7 Å². The zero-order valence-electron chi connectivity index (χ0n) is 11.8. The van der Waals surface area contributed by atoms with Crippen molar-refractivity contribution < 1.29 is 23.9 Å². The third kappa shape index (κ3) is 4.32. The first-order chi connectivity index (χ1) is 9.66. The average Bonchev–Trinajstić information content (AvgIpc) is 2.48. The second kappa shape index (κ2) is 7.41. The molecule has 0 heterocycles. The number of carbonyl (C=O) groups is 3. The lowest BCUT2D eigenvalue weighted by molar-refractivity contribution is -0.170. The summed E-state index contributed by atoms with van der Waals surface area (Å²) in [5, 5.41) is 0. The van der Waals surface area contributed by atoms with Gasteiger partial charge in [0.05, 0.1) is 0 Å². The minimum Gasteiger partial charge on any atom is -0.456 e. The Balaban J connectivity index is 1.76. The molecule has 0 aromatic rings. The van der Waals surface area contributed by atoms with Gasteiger partial charge in [-0.3, -0.25) is 4.79 Å². The van der Waals surface area contributed by atoms with Crippen LogP contribution in [0.2, 0.25) is 0 Å². The number of ether oxygens (including phenoxy) is 2. The highest BCUT2D eigenvalue weighted by molar-refractivity contribution is 6.60. The summed E-state index contributed by atoms with van der Waals surface area (Å²) in [6, 6.07) is 0. The summed E-state index contributed by atoms with van der Waals surface area (Å²) in [4.78, 5) is 34.9. The summed E-state index contributed by atoms with van der Waals surface area (Å²) in [5.41, 5.74) is 0. The first-order valence-corrected chi connectivity index (χ1v) is 7.63. The lowest BCUT2D eigenvalue weighted by Crippen LogP contribution is -2.34. The summed E-state index contributed by atoms with van der Waals surface area (Å²) >= 11 is 0. The zero-order chi connectivity index (χ0) is 14.4. The van der Waals surface area contributed by atoms with Crippen molar-refractivity contribution >= 4 is 17.7 Å². The number of carbonyl (C=O) groups excluding carboxylic acids is 3. The number of hydrogen-bond donors (Lipinski definition) is 0. The molecule has 0 unspecified atom stereocenters. The van der Waals surface area contributed by atoms with E-state index >= 15 is 0 Å². The fraction of sp³-hybridized carbons (Fsp3) is 0.800. The standard InChI is InChI=1S/C15H22O5/c16-13(14(17)19-11-7-3-1-4-8-11)15(18)20-12-9-5-2-6-10-12/h11-12H,1-10H2. The molecule has 2 aliphatic rings. The van der Waals surface area contributed by atoms with E-state index in [4.69, 9.17) is 9.47 Å². The van der Waals surface area contributed by atoms with Crippen molar-refractivity contribution in [2.24, 2.45) is 0 Å². The Labute approximate surface area is 119 Å². The van der Waals surface area contributed by atoms with Gasteiger partial charge < -0.3 is 9.47 Å². The molecule has 2 fully saturated rings. The fourth-order valence-corrected chi connectivity index (χ4v) is 2.86. The average molecular weight is 282 g/mol. The highest BCUT2D eigenvalue weighted by atomic mass is 16.6. The first kappa shape index (κ1) is 15.0. The molecular formula is C15H22O5. The van der Waals surface area contributed by atoms with E-state index in [1.54, 1.807) is 0 Å². The van der Waals surface area contributed by atoms with Crippen molar-refractivity contribution in [2.75, 3.05) is 0 Å². The Morgan fingerprint density at radius 1 is 0.600 bits per heavy atom. The third-order valence-electron chi connectivity index (χ3n) is 4.02. The summed E-state index contributed by atoms with van der Waals surface area (Å²) in [6.45, 7) is 0. The van der Waals surface area contributed by atoms with Crippen LogP contribution in [0.1, 0.15) is 64.2 Å². The van der Waals surface area contributed by atoms with Crippen molar-refractivity contribution in [3.63, 3.8) is 0 Å². The van der Waals surface area contributed by atoms with Crippen LogP contribution in [0, 0.1) is 0 Å². The molecule has 0 spiro atoms. The Bertz CT molecular complexity index is 330. The quantitative estimate of drug-likeness (QED) is 0.449. The topological polar surface area (TPSA) is 69.7 Å². The monoisotopic (exact) mass is 282 g/mol. The van der Waals surface area contributed by atoms with E-state index in [1.807, 2.05) is 0 Å². The van der Waals surface area contributed by atoms with Gasteiger partial charge in [0.2, 0.25) is 0 Å². The minimum atomic E-state index is -1.17. The van der Waals surface area contributed by atoms with Gasteiger partial charge in [0.15, 0.2) is 0 Å². The smallest absolute Gasteiger partial charge is 0.387 e. The molecule has 20 heavy (non-hydrogen) atoms. The molecule has 5 nitrogen and oxygen atoms in total. The molecule has 5 heteroatoms. The molecule has 0 aliphatic heterocycles. The van der Waals surface area contributed by atoms with Gasteiger partial charge in [0, 0.05) is 0 Å².